The molecule has 0 unspecified atom stereocenters. The van der Waals surface area contributed by atoms with Crippen LogP contribution in [0.15, 0.2) is 48.5 Å². The summed E-state index contributed by atoms with van der Waals surface area (Å²) in [6, 6.07) is 16.0. The number of rotatable bonds is 4. The van der Waals surface area contributed by atoms with Crippen molar-refractivity contribution in [2.75, 3.05) is 13.2 Å². The second-order valence-electron chi connectivity index (χ2n) is 8.45. The molecule has 1 aromatic heterocycles. The van der Waals surface area contributed by atoms with Gasteiger partial charge in [-0.05, 0) is 48.1 Å². The average Bonchev–Trinajstić information content (AvgIpc) is 3.32. The van der Waals surface area contributed by atoms with E-state index in [0.717, 1.165) is 42.0 Å². The van der Waals surface area contributed by atoms with E-state index in [1.165, 1.54) is 5.56 Å². The normalized spacial score (nSPS) is 17.2. The third-order valence-corrected chi connectivity index (χ3v) is 5.38. The molecule has 1 aliphatic heterocycles. The summed E-state index contributed by atoms with van der Waals surface area (Å²) in [4.78, 5) is 22.8. The van der Waals surface area contributed by atoms with Crippen LogP contribution in [0.1, 0.15) is 51.0 Å². The van der Waals surface area contributed by atoms with Crippen LogP contribution in [0, 0.1) is 0 Å². The Labute approximate surface area is 165 Å². The van der Waals surface area contributed by atoms with Gasteiger partial charge in [0.2, 0.25) is 0 Å². The summed E-state index contributed by atoms with van der Waals surface area (Å²) in [6.07, 6.45) is 1.90. The maximum atomic E-state index is 12.8. The van der Waals surface area contributed by atoms with Crippen molar-refractivity contribution in [1.82, 2.24) is 14.9 Å². The molecule has 1 aliphatic rings. The largest absolute Gasteiger partial charge is 0.484 e. The zero-order valence-corrected chi connectivity index (χ0v) is 16.7. The van der Waals surface area contributed by atoms with E-state index in [1.807, 2.05) is 41.3 Å². The predicted molar refractivity (Wildman–Crippen MR) is 110 cm³/mol. The number of amides is 1. The van der Waals surface area contributed by atoms with Crippen LogP contribution in [0.2, 0.25) is 0 Å². The van der Waals surface area contributed by atoms with Gasteiger partial charge in [-0.3, -0.25) is 4.79 Å². The summed E-state index contributed by atoms with van der Waals surface area (Å²) in [5, 5.41) is 0. The number of para-hydroxylation sites is 2. The number of likely N-dealkylation sites (tertiary alicyclic amines) is 1. The summed E-state index contributed by atoms with van der Waals surface area (Å²) in [6.45, 7) is 7.33. The summed E-state index contributed by atoms with van der Waals surface area (Å²) in [5.41, 5.74) is 3.29. The number of hydrogen-bond acceptors (Lipinski definition) is 3. The maximum Gasteiger partial charge on any atom is 0.261 e. The molecule has 5 heteroatoms. The number of hydrogen-bond donors (Lipinski definition) is 1. The van der Waals surface area contributed by atoms with Crippen LogP contribution in [0.5, 0.6) is 5.75 Å². The molecule has 0 spiro atoms. The Morgan fingerprint density at radius 1 is 1.18 bits per heavy atom. The number of carbonyl (C=O) groups is 1. The van der Waals surface area contributed by atoms with E-state index < -0.39 is 0 Å². The van der Waals surface area contributed by atoms with Gasteiger partial charge in [-0.2, -0.15) is 0 Å². The monoisotopic (exact) mass is 377 g/mol. The maximum absolute atomic E-state index is 12.8. The fraction of sp³-hybridized carbons (Fsp3) is 0.391. The topological polar surface area (TPSA) is 58.2 Å². The van der Waals surface area contributed by atoms with Crippen LogP contribution in [0.3, 0.4) is 0 Å². The third kappa shape index (κ3) is 3.75. The van der Waals surface area contributed by atoms with Crippen LogP contribution >= 0.6 is 0 Å². The molecule has 1 N–H and O–H groups in total. The van der Waals surface area contributed by atoms with E-state index >= 15 is 0 Å². The standard InChI is InChI=1S/C23H27N3O2/c1-23(2,3)16-10-12-17(13-11-16)28-15-21(27)26-14-6-9-20(26)22-24-18-7-4-5-8-19(18)25-22/h4-5,7-8,10-13,20H,6,9,14-15H2,1-3H3,(H,24,25)/t20-/m0/s1. The summed E-state index contributed by atoms with van der Waals surface area (Å²) in [5.74, 6) is 1.59. The Balaban J connectivity index is 1.42. The number of fused-ring (bicyclic) bond motifs is 1. The van der Waals surface area contributed by atoms with Crippen LogP contribution < -0.4 is 4.74 Å². The van der Waals surface area contributed by atoms with Crippen molar-refractivity contribution in [3.05, 3.63) is 59.9 Å². The van der Waals surface area contributed by atoms with Gasteiger partial charge < -0.3 is 14.6 Å². The van der Waals surface area contributed by atoms with Crippen molar-refractivity contribution in [3.8, 4) is 5.75 Å². The first-order valence-corrected chi connectivity index (χ1v) is 9.89. The first kappa shape index (κ1) is 18.5. The zero-order valence-electron chi connectivity index (χ0n) is 16.7. The van der Waals surface area contributed by atoms with Crippen molar-refractivity contribution >= 4 is 16.9 Å². The molecule has 28 heavy (non-hydrogen) atoms. The minimum absolute atomic E-state index is 0.00264. The van der Waals surface area contributed by atoms with E-state index in [2.05, 4.69) is 42.9 Å². The zero-order chi connectivity index (χ0) is 19.7. The second-order valence-corrected chi connectivity index (χ2v) is 8.45. The van der Waals surface area contributed by atoms with Crippen molar-refractivity contribution in [3.63, 3.8) is 0 Å². The molecule has 1 fully saturated rings. The van der Waals surface area contributed by atoms with Crippen LogP contribution in [-0.2, 0) is 10.2 Å². The quantitative estimate of drug-likeness (QED) is 0.723. The van der Waals surface area contributed by atoms with Crippen LogP contribution in [0.25, 0.3) is 11.0 Å². The molecule has 1 saturated heterocycles. The van der Waals surface area contributed by atoms with Gasteiger partial charge in [0.25, 0.3) is 5.91 Å². The lowest BCUT2D eigenvalue weighted by Crippen LogP contribution is -2.34. The number of H-pyrrole nitrogens is 1. The number of imidazole rings is 1. The van der Waals surface area contributed by atoms with Gasteiger partial charge in [-0.15, -0.1) is 0 Å². The van der Waals surface area contributed by atoms with Crippen LogP contribution in [0.4, 0.5) is 0 Å². The number of aromatic amines is 1. The molecule has 3 aromatic rings. The highest BCUT2D eigenvalue weighted by Gasteiger charge is 2.32. The van der Waals surface area contributed by atoms with E-state index in [9.17, 15) is 4.79 Å². The number of carbonyl (C=O) groups excluding carboxylic acids is 1. The molecule has 0 bridgehead atoms. The van der Waals surface area contributed by atoms with Gasteiger partial charge in [-0.25, -0.2) is 4.98 Å². The number of benzene rings is 2. The van der Waals surface area contributed by atoms with E-state index in [1.54, 1.807) is 0 Å². The smallest absolute Gasteiger partial charge is 0.261 e. The fourth-order valence-corrected chi connectivity index (χ4v) is 3.76. The first-order valence-electron chi connectivity index (χ1n) is 9.89. The van der Waals surface area contributed by atoms with Crippen molar-refractivity contribution in [1.29, 1.82) is 0 Å². The minimum atomic E-state index is -0.00762. The van der Waals surface area contributed by atoms with Crippen molar-refractivity contribution in [2.24, 2.45) is 0 Å². The van der Waals surface area contributed by atoms with E-state index in [-0.39, 0.29) is 24.0 Å². The molecule has 4 rings (SSSR count). The molecule has 0 aliphatic carbocycles. The summed E-state index contributed by atoms with van der Waals surface area (Å²) < 4.78 is 5.77. The molecule has 1 atom stereocenters. The molecule has 2 heterocycles. The molecule has 0 radical (unpaired) electrons. The lowest BCUT2D eigenvalue weighted by atomic mass is 9.87. The molecular weight excluding hydrogens is 350 g/mol. The Morgan fingerprint density at radius 3 is 2.64 bits per heavy atom. The number of nitrogens with one attached hydrogen (secondary N) is 1. The Bertz CT molecular complexity index is 936. The molecular formula is C23H27N3O2. The van der Waals surface area contributed by atoms with Crippen molar-refractivity contribution < 1.29 is 9.53 Å². The molecule has 1 amide bonds. The highest BCUT2D eigenvalue weighted by molar-refractivity contribution is 5.79. The van der Waals surface area contributed by atoms with Crippen molar-refractivity contribution in [2.45, 2.75) is 45.1 Å². The SMILES string of the molecule is CC(C)(C)c1ccc(OCC(=O)N2CCC[C@H]2c2nc3ccccc3[nH]2)cc1. The molecule has 2 aromatic carbocycles. The van der Waals surface area contributed by atoms with Crippen LogP contribution in [-0.4, -0.2) is 33.9 Å². The number of nitrogens with zero attached hydrogens (tertiary/aromatic N) is 2. The fourth-order valence-electron chi connectivity index (χ4n) is 3.76. The van der Waals surface area contributed by atoms with Gasteiger partial charge in [0.05, 0.1) is 17.1 Å². The van der Waals surface area contributed by atoms with Gasteiger partial charge in [0.15, 0.2) is 6.61 Å². The minimum Gasteiger partial charge on any atom is -0.484 e. The van der Waals surface area contributed by atoms with E-state index in [0.29, 0.717) is 0 Å². The molecule has 0 saturated carbocycles. The van der Waals surface area contributed by atoms with Gasteiger partial charge in [-0.1, -0.05) is 45.0 Å². The third-order valence-electron chi connectivity index (χ3n) is 5.38. The number of ether oxygens (including phenoxy) is 1. The number of aromatic nitrogens is 2. The van der Waals surface area contributed by atoms with Gasteiger partial charge in [0, 0.05) is 6.54 Å². The van der Waals surface area contributed by atoms with E-state index in [4.69, 9.17) is 4.74 Å². The molecule has 5 nitrogen and oxygen atoms in total. The average molecular weight is 377 g/mol. The highest BCUT2D eigenvalue weighted by atomic mass is 16.5. The Morgan fingerprint density at radius 2 is 1.93 bits per heavy atom. The Kier molecular flexibility index (Phi) is 4.84. The highest BCUT2D eigenvalue weighted by Crippen LogP contribution is 2.31. The predicted octanol–water partition coefficient (Wildman–Crippen LogP) is 4.60. The summed E-state index contributed by atoms with van der Waals surface area (Å²) in [7, 11) is 0. The summed E-state index contributed by atoms with van der Waals surface area (Å²) >= 11 is 0. The first-order chi connectivity index (χ1) is 13.4. The lowest BCUT2D eigenvalue weighted by Gasteiger charge is -2.23. The second kappa shape index (κ2) is 7.30. The van der Waals surface area contributed by atoms with Gasteiger partial charge in [0.1, 0.15) is 11.6 Å². The van der Waals surface area contributed by atoms with Gasteiger partial charge >= 0.3 is 0 Å². The lowest BCUT2D eigenvalue weighted by molar-refractivity contribution is -0.134. The molecule has 146 valence electrons. The Hall–Kier alpha value is -2.82.